The van der Waals surface area contributed by atoms with Gasteiger partial charge in [0, 0.05) is 19.8 Å². The van der Waals surface area contributed by atoms with E-state index in [1.807, 2.05) is 37.2 Å². The van der Waals surface area contributed by atoms with Gasteiger partial charge in [-0.25, -0.2) is 0 Å². The zero-order valence-electron chi connectivity index (χ0n) is 3.85. The molecule has 0 N–H and O–H groups in total. The van der Waals surface area contributed by atoms with Gasteiger partial charge < -0.3 is 0 Å². The molecule has 0 bridgehead atoms. The third kappa shape index (κ3) is 9.32. The molecular weight excluding hydrogens is 245 g/mol. The third-order valence-electron chi connectivity index (χ3n) is 0.408. The van der Waals surface area contributed by atoms with Crippen molar-refractivity contribution in [3.05, 3.63) is 0 Å². The zero-order chi connectivity index (χ0) is 4.12. The van der Waals surface area contributed by atoms with Gasteiger partial charge in [0.05, 0.1) is 0 Å². The Morgan fingerprint density at radius 3 is 1.33 bits per heavy atom. The predicted octanol–water partition coefficient (Wildman–Crippen LogP) is 0.169. The van der Waals surface area contributed by atoms with Gasteiger partial charge in [-0.1, -0.05) is 0 Å². The molecule has 0 aromatic heterocycles. The Labute approximate surface area is 72.7 Å². The van der Waals surface area contributed by atoms with Crippen molar-refractivity contribution in [1.82, 2.24) is 0 Å². The van der Waals surface area contributed by atoms with Crippen LogP contribution < -0.4 is 0 Å². The van der Waals surface area contributed by atoms with E-state index in [1.165, 1.54) is 16.4 Å². The Morgan fingerprint density at radius 2 is 1.33 bits per heavy atom. The van der Waals surface area contributed by atoms with Crippen molar-refractivity contribution >= 4 is 57.0 Å². The molecule has 0 fully saturated rings. The van der Waals surface area contributed by atoms with Crippen LogP contribution in [0.1, 0.15) is 6.42 Å². The Hall–Kier alpha value is 1.91. The van der Waals surface area contributed by atoms with E-state index in [2.05, 4.69) is 0 Å². The Balaban J connectivity index is 0. The summed E-state index contributed by atoms with van der Waals surface area (Å²) in [6.45, 7) is 0. The van der Waals surface area contributed by atoms with Crippen molar-refractivity contribution in [2.45, 2.75) is 16.4 Å². The van der Waals surface area contributed by atoms with Crippen LogP contribution in [0.4, 0.5) is 0 Å². The molecule has 0 aliphatic heterocycles. The summed E-state index contributed by atoms with van der Waals surface area (Å²) in [4.78, 5) is 2.84. The van der Waals surface area contributed by atoms with Crippen LogP contribution in [0, 0.1) is 0 Å². The van der Waals surface area contributed by atoms with E-state index in [9.17, 15) is 0 Å². The van der Waals surface area contributed by atoms with E-state index < -0.39 is 0 Å². The van der Waals surface area contributed by atoms with Gasteiger partial charge in [-0.2, -0.15) is 0 Å². The second kappa shape index (κ2) is 10.0. The average Bonchev–Trinajstić information content (AvgIpc) is 1.41. The van der Waals surface area contributed by atoms with Crippen LogP contribution in [0.25, 0.3) is 0 Å². The molecule has 0 aliphatic rings. The molecule has 0 aromatic rings. The molecule has 0 rings (SSSR count). The summed E-state index contributed by atoms with van der Waals surface area (Å²) in [6.07, 6.45) is 1.44. The summed E-state index contributed by atoms with van der Waals surface area (Å²) in [7, 11) is 0. The van der Waals surface area contributed by atoms with Crippen molar-refractivity contribution in [1.29, 1.82) is 0 Å². The first kappa shape index (κ1) is 10.8. The molecular formula is C3H6Ga3. The van der Waals surface area contributed by atoms with Gasteiger partial charge in [-0.15, -0.1) is 0 Å². The molecule has 0 atom stereocenters. The molecule has 0 saturated heterocycles. The third-order valence-corrected chi connectivity index (χ3v) is 2.12. The average molecular weight is 251 g/mol. The van der Waals surface area contributed by atoms with Gasteiger partial charge in [-0.05, 0) is 0 Å². The van der Waals surface area contributed by atoms with Gasteiger partial charge in [0.2, 0.25) is 0 Å². The molecule has 3 heteroatoms. The van der Waals surface area contributed by atoms with Crippen LogP contribution >= 0.6 is 0 Å². The van der Waals surface area contributed by atoms with Gasteiger partial charge >= 0.3 is 53.6 Å². The second-order valence-electron chi connectivity index (χ2n) is 0.931. The number of rotatable bonds is 2. The monoisotopic (exact) mass is 249 g/mol. The quantitative estimate of drug-likeness (QED) is 0.614. The molecule has 0 heterocycles. The summed E-state index contributed by atoms with van der Waals surface area (Å²) in [5, 5.41) is 0. The maximum atomic E-state index is 1.86. The standard InChI is InChI=1S/C3H6.3Ga/c1-3-2;;;/h1-3H2;;;. The van der Waals surface area contributed by atoms with E-state index in [1.54, 1.807) is 0 Å². The number of hydrogen-bond donors (Lipinski definition) is 0. The molecule has 0 nitrogen and oxygen atoms in total. The maximum absolute atomic E-state index is 1.86. The van der Waals surface area contributed by atoms with Crippen molar-refractivity contribution in [3.63, 3.8) is 0 Å². The number of hydrogen-bond acceptors (Lipinski definition) is 0. The molecule has 6 heavy (non-hydrogen) atoms. The minimum absolute atomic E-state index is 0. The second-order valence-corrected chi connectivity index (χ2v) is 3.35. The fourth-order valence-corrected chi connectivity index (χ4v) is 3.18. The molecule has 0 aliphatic carbocycles. The summed E-state index contributed by atoms with van der Waals surface area (Å²) < 4.78 is 0. The van der Waals surface area contributed by atoms with Crippen LogP contribution in [-0.2, 0) is 0 Å². The summed E-state index contributed by atoms with van der Waals surface area (Å²) in [5.41, 5.74) is 0. The van der Waals surface area contributed by atoms with Crippen LogP contribution in [0.2, 0.25) is 9.95 Å². The van der Waals surface area contributed by atoms with Gasteiger partial charge in [0.15, 0.2) is 0 Å². The first-order chi connectivity index (χ1) is 2.41. The van der Waals surface area contributed by atoms with Crippen LogP contribution in [-0.4, -0.2) is 57.0 Å². The topological polar surface area (TPSA) is 0 Å². The molecule has 0 unspecified atom stereocenters. The first-order valence-electron chi connectivity index (χ1n) is 1.82. The molecule has 7 radical (unpaired) electrons. The molecule has 0 spiro atoms. The normalized spacial score (nSPS) is 6.67. The van der Waals surface area contributed by atoms with Crippen LogP contribution in [0.15, 0.2) is 0 Å². The fraction of sp³-hybridized carbons (Fsp3) is 1.00. The van der Waals surface area contributed by atoms with Crippen LogP contribution in [0.3, 0.4) is 0 Å². The molecule has 0 aromatic carbocycles. The SMILES string of the molecule is [Ga].[Ga][CH2]C[CH2][Ga]. The van der Waals surface area contributed by atoms with Crippen molar-refractivity contribution < 1.29 is 0 Å². The summed E-state index contributed by atoms with van der Waals surface area (Å²) in [6, 6.07) is 0. The van der Waals surface area contributed by atoms with Gasteiger partial charge in [-0.3, -0.25) is 0 Å². The molecule has 0 saturated carbocycles. The minimum atomic E-state index is 0. The molecule has 27 valence electrons. The summed E-state index contributed by atoms with van der Waals surface area (Å²) >= 11 is 3.71. The predicted molar refractivity (Wildman–Crippen MR) is 31.5 cm³/mol. The molecule has 0 amide bonds. The van der Waals surface area contributed by atoms with E-state index in [4.69, 9.17) is 0 Å². The van der Waals surface area contributed by atoms with E-state index in [0.717, 1.165) is 0 Å². The van der Waals surface area contributed by atoms with Gasteiger partial charge in [0.25, 0.3) is 0 Å². The van der Waals surface area contributed by atoms with Crippen molar-refractivity contribution in [2.24, 2.45) is 0 Å². The Morgan fingerprint density at radius 1 is 1.00 bits per heavy atom. The van der Waals surface area contributed by atoms with E-state index >= 15 is 0 Å². The van der Waals surface area contributed by atoms with Gasteiger partial charge in [0.1, 0.15) is 0 Å². The van der Waals surface area contributed by atoms with Crippen LogP contribution in [0.5, 0.6) is 0 Å². The Kier molecular flexibility index (Phi) is 18.0. The van der Waals surface area contributed by atoms with Crippen molar-refractivity contribution in [3.8, 4) is 0 Å². The summed E-state index contributed by atoms with van der Waals surface area (Å²) in [5.74, 6) is 0. The van der Waals surface area contributed by atoms with E-state index in [0.29, 0.717) is 0 Å². The zero-order valence-corrected chi connectivity index (χ0v) is 11.1. The first-order valence-corrected chi connectivity index (χ1v) is 5.24. The van der Waals surface area contributed by atoms with E-state index in [-0.39, 0.29) is 19.8 Å². The fourth-order valence-electron chi connectivity index (χ4n) is 0.118. The van der Waals surface area contributed by atoms with Crippen molar-refractivity contribution in [2.75, 3.05) is 0 Å². The Bertz CT molecular complexity index is 13.5.